The molecule has 0 aromatic heterocycles. The predicted molar refractivity (Wildman–Crippen MR) is 74.8 cm³/mol. The van der Waals surface area contributed by atoms with Crippen LogP contribution in [0.25, 0.3) is 0 Å². The van der Waals surface area contributed by atoms with Crippen LogP contribution >= 0.6 is 31.9 Å². The number of rotatable bonds is 7. The summed E-state index contributed by atoms with van der Waals surface area (Å²) in [6, 6.07) is 3.75. The number of hydrogen-bond donors (Lipinski definition) is 1. The molecule has 3 nitrogen and oxygen atoms in total. The highest BCUT2D eigenvalue weighted by Crippen LogP contribution is 2.36. The van der Waals surface area contributed by atoms with E-state index in [0.29, 0.717) is 19.6 Å². The molecule has 17 heavy (non-hydrogen) atoms. The average Bonchev–Trinajstić information content (AvgIpc) is 2.31. The van der Waals surface area contributed by atoms with Crippen molar-refractivity contribution in [2.45, 2.75) is 19.8 Å². The van der Waals surface area contributed by atoms with Gasteiger partial charge in [-0.05, 0) is 50.4 Å². The van der Waals surface area contributed by atoms with Gasteiger partial charge in [0.25, 0.3) is 0 Å². The molecule has 0 bridgehead atoms. The maximum Gasteiger partial charge on any atom is 0.134 e. The average molecular weight is 368 g/mol. The zero-order chi connectivity index (χ0) is 12.7. The molecule has 1 rings (SSSR count). The van der Waals surface area contributed by atoms with Gasteiger partial charge in [-0.25, -0.2) is 0 Å². The molecule has 0 radical (unpaired) electrons. The second-order valence-corrected chi connectivity index (χ2v) is 5.20. The molecule has 0 aliphatic rings. The smallest absolute Gasteiger partial charge is 0.134 e. The minimum absolute atomic E-state index is 0.135. The standard InChI is InChI=1S/C12H16Br2O3/c1-2-5-16-11-7-10(14)12(8-9(11)13)17-6-3-4-15/h7-8,15H,2-6H2,1H3. The summed E-state index contributed by atoms with van der Waals surface area (Å²) in [5.74, 6) is 1.54. The zero-order valence-corrected chi connectivity index (χ0v) is 12.9. The van der Waals surface area contributed by atoms with E-state index in [1.807, 2.05) is 12.1 Å². The van der Waals surface area contributed by atoms with Crippen LogP contribution in [0.1, 0.15) is 19.8 Å². The molecule has 0 spiro atoms. The summed E-state index contributed by atoms with van der Waals surface area (Å²) in [5, 5.41) is 8.69. The van der Waals surface area contributed by atoms with Gasteiger partial charge in [-0.15, -0.1) is 0 Å². The highest BCUT2D eigenvalue weighted by atomic mass is 79.9. The molecular formula is C12H16Br2O3. The van der Waals surface area contributed by atoms with Crippen molar-refractivity contribution in [3.8, 4) is 11.5 Å². The molecule has 0 saturated carbocycles. The van der Waals surface area contributed by atoms with Crippen molar-refractivity contribution in [3.05, 3.63) is 21.1 Å². The maximum atomic E-state index is 8.69. The molecule has 0 aliphatic heterocycles. The monoisotopic (exact) mass is 366 g/mol. The Kier molecular flexibility index (Phi) is 6.92. The minimum atomic E-state index is 0.135. The SMILES string of the molecule is CCCOc1cc(Br)c(OCCCO)cc1Br. The fourth-order valence-corrected chi connectivity index (χ4v) is 2.06. The van der Waals surface area contributed by atoms with Crippen LogP contribution < -0.4 is 9.47 Å². The Labute approximate surface area is 118 Å². The summed E-state index contributed by atoms with van der Waals surface area (Å²) in [4.78, 5) is 0. The van der Waals surface area contributed by atoms with E-state index in [1.54, 1.807) is 0 Å². The first kappa shape index (κ1) is 14.8. The van der Waals surface area contributed by atoms with Crippen molar-refractivity contribution in [2.75, 3.05) is 19.8 Å². The third kappa shape index (κ3) is 4.85. The summed E-state index contributed by atoms with van der Waals surface area (Å²) in [5.41, 5.74) is 0. The summed E-state index contributed by atoms with van der Waals surface area (Å²) < 4.78 is 12.8. The third-order valence-corrected chi connectivity index (χ3v) is 3.25. The summed E-state index contributed by atoms with van der Waals surface area (Å²) >= 11 is 6.88. The Morgan fingerprint density at radius 3 is 2.06 bits per heavy atom. The number of hydrogen-bond acceptors (Lipinski definition) is 3. The first-order chi connectivity index (χ1) is 8.19. The van der Waals surface area contributed by atoms with Gasteiger partial charge >= 0.3 is 0 Å². The van der Waals surface area contributed by atoms with Crippen molar-refractivity contribution in [1.29, 1.82) is 0 Å². The molecule has 1 aromatic rings. The Bertz CT molecular complexity index is 356. The molecule has 0 saturated heterocycles. The van der Waals surface area contributed by atoms with Gasteiger partial charge in [0.2, 0.25) is 0 Å². The minimum Gasteiger partial charge on any atom is -0.492 e. The fraction of sp³-hybridized carbons (Fsp3) is 0.500. The molecule has 0 atom stereocenters. The van der Waals surface area contributed by atoms with E-state index in [2.05, 4.69) is 38.8 Å². The number of ether oxygens (including phenoxy) is 2. The first-order valence-electron chi connectivity index (χ1n) is 5.54. The van der Waals surface area contributed by atoms with Crippen molar-refractivity contribution in [1.82, 2.24) is 0 Å². The summed E-state index contributed by atoms with van der Waals surface area (Å²) in [6.07, 6.45) is 1.59. The topological polar surface area (TPSA) is 38.7 Å². The maximum absolute atomic E-state index is 8.69. The van der Waals surface area contributed by atoms with Crippen LogP contribution in [0.4, 0.5) is 0 Å². The largest absolute Gasteiger partial charge is 0.492 e. The van der Waals surface area contributed by atoms with Crippen LogP contribution in [-0.2, 0) is 0 Å². The predicted octanol–water partition coefficient (Wildman–Crippen LogP) is 3.76. The Hall–Kier alpha value is -0.260. The molecule has 0 amide bonds. The van der Waals surface area contributed by atoms with Gasteiger partial charge in [-0.3, -0.25) is 0 Å². The molecule has 0 aliphatic carbocycles. The van der Waals surface area contributed by atoms with Gasteiger partial charge in [-0.1, -0.05) is 6.92 Å². The zero-order valence-electron chi connectivity index (χ0n) is 9.71. The molecule has 1 N–H and O–H groups in total. The lowest BCUT2D eigenvalue weighted by atomic mass is 10.3. The number of halogens is 2. The third-order valence-electron chi connectivity index (χ3n) is 2.01. The highest BCUT2D eigenvalue weighted by molar-refractivity contribution is 9.11. The lowest BCUT2D eigenvalue weighted by molar-refractivity contribution is 0.232. The van der Waals surface area contributed by atoms with Crippen LogP contribution in [0.15, 0.2) is 21.1 Å². The van der Waals surface area contributed by atoms with Crippen molar-refractivity contribution in [2.24, 2.45) is 0 Å². The van der Waals surface area contributed by atoms with E-state index in [1.165, 1.54) is 0 Å². The van der Waals surface area contributed by atoms with Gasteiger partial charge in [0, 0.05) is 13.0 Å². The second kappa shape index (κ2) is 7.95. The van der Waals surface area contributed by atoms with E-state index < -0.39 is 0 Å². The van der Waals surface area contributed by atoms with E-state index in [4.69, 9.17) is 14.6 Å². The molecule has 0 unspecified atom stereocenters. The van der Waals surface area contributed by atoms with E-state index in [9.17, 15) is 0 Å². The number of benzene rings is 1. The first-order valence-corrected chi connectivity index (χ1v) is 7.13. The normalized spacial score (nSPS) is 10.4. The van der Waals surface area contributed by atoms with Crippen LogP contribution in [0, 0.1) is 0 Å². The Morgan fingerprint density at radius 2 is 1.59 bits per heavy atom. The second-order valence-electron chi connectivity index (χ2n) is 3.49. The fourth-order valence-electron chi connectivity index (χ4n) is 1.19. The van der Waals surface area contributed by atoms with Crippen molar-refractivity contribution >= 4 is 31.9 Å². The molecule has 0 fully saturated rings. The Balaban J connectivity index is 2.71. The van der Waals surface area contributed by atoms with Gasteiger partial charge in [0.1, 0.15) is 11.5 Å². The quantitative estimate of drug-likeness (QED) is 0.745. The summed E-state index contributed by atoms with van der Waals surface area (Å²) in [7, 11) is 0. The van der Waals surface area contributed by atoms with E-state index in [-0.39, 0.29) is 6.61 Å². The molecular weight excluding hydrogens is 352 g/mol. The highest BCUT2D eigenvalue weighted by Gasteiger charge is 2.08. The van der Waals surface area contributed by atoms with E-state index in [0.717, 1.165) is 26.9 Å². The number of aliphatic hydroxyl groups is 1. The molecule has 5 heteroatoms. The van der Waals surface area contributed by atoms with Crippen molar-refractivity contribution < 1.29 is 14.6 Å². The summed E-state index contributed by atoms with van der Waals surface area (Å²) in [6.45, 7) is 3.39. The number of aliphatic hydroxyl groups excluding tert-OH is 1. The molecule has 0 heterocycles. The van der Waals surface area contributed by atoms with Crippen molar-refractivity contribution in [3.63, 3.8) is 0 Å². The van der Waals surface area contributed by atoms with Gasteiger partial charge in [0.05, 0.1) is 22.2 Å². The molecule has 96 valence electrons. The van der Waals surface area contributed by atoms with Crippen LogP contribution in [-0.4, -0.2) is 24.9 Å². The Morgan fingerprint density at radius 1 is 1.06 bits per heavy atom. The van der Waals surface area contributed by atoms with Crippen LogP contribution in [0.3, 0.4) is 0 Å². The lowest BCUT2D eigenvalue weighted by Crippen LogP contribution is -2.01. The van der Waals surface area contributed by atoms with Gasteiger partial charge < -0.3 is 14.6 Å². The molecule has 1 aromatic carbocycles. The lowest BCUT2D eigenvalue weighted by Gasteiger charge is -2.12. The van der Waals surface area contributed by atoms with E-state index >= 15 is 0 Å². The van der Waals surface area contributed by atoms with Crippen LogP contribution in [0.5, 0.6) is 11.5 Å². The van der Waals surface area contributed by atoms with Gasteiger partial charge in [0.15, 0.2) is 0 Å². The van der Waals surface area contributed by atoms with Crippen LogP contribution in [0.2, 0.25) is 0 Å². The van der Waals surface area contributed by atoms with Gasteiger partial charge in [-0.2, -0.15) is 0 Å².